The molecule has 0 aliphatic heterocycles. The van der Waals surface area contributed by atoms with Crippen LogP contribution in [-0.4, -0.2) is 10.9 Å². The number of anilines is 1. The third kappa shape index (κ3) is 5.54. The summed E-state index contributed by atoms with van der Waals surface area (Å²) in [6.07, 6.45) is 4.98. The van der Waals surface area contributed by atoms with Gasteiger partial charge in [-0.05, 0) is 30.9 Å². The van der Waals surface area contributed by atoms with Gasteiger partial charge < -0.3 is 5.32 Å². The first-order valence-corrected chi connectivity index (χ1v) is 9.35. The lowest BCUT2D eigenvalue weighted by Gasteiger charge is -2.02. The molecule has 25 heavy (non-hydrogen) atoms. The van der Waals surface area contributed by atoms with Crippen molar-refractivity contribution in [2.75, 3.05) is 5.32 Å². The molecule has 0 spiro atoms. The second-order valence-corrected chi connectivity index (χ2v) is 7.30. The van der Waals surface area contributed by atoms with Gasteiger partial charge in [-0.3, -0.25) is 4.79 Å². The molecule has 3 aromatic rings. The third-order valence-corrected chi connectivity index (χ3v) is 4.92. The van der Waals surface area contributed by atoms with Gasteiger partial charge in [0.15, 0.2) is 5.13 Å². The number of benzene rings is 2. The Bertz CT molecular complexity index is 809. The molecule has 3 nitrogen and oxygen atoms in total. The van der Waals surface area contributed by atoms with Gasteiger partial charge in [0, 0.05) is 23.9 Å². The highest BCUT2D eigenvalue weighted by Crippen LogP contribution is 2.21. The van der Waals surface area contributed by atoms with Crippen molar-refractivity contribution in [2.24, 2.45) is 0 Å². The highest BCUT2D eigenvalue weighted by molar-refractivity contribution is 7.15. The second kappa shape index (κ2) is 8.58. The van der Waals surface area contributed by atoms with Crippen LogP contribution in [0.25, 0.3) is 0 Å². The molecular formula is C21H22N2OS. The molecule has 0 aliphatic rings. The summed E-state index contributed by atoms with van der Waals surface area (Å²) >= 11 is 1.55. The first-order chi connectivity index (χ1) is 12.2. The number of rotatable bonds is 7. The van der Waals surface area contributed by atoms with Crippen molar-refractivity contribution < 1.29 is 4.79 Å². The van der Waals surface area contributed by atoms with Crippen molar-refractivity contribution in [1.82, 2.24) is 4.98 Å². The number of carbonyl (C=O) groups excluding carboxylic acids is 1. The van der Waals surface area contributed by atoms with Crippen LogP contribution in [0.3, 0.4) is 0 Å². The molecule has 0 atom stereocenters. The molecule has 1 N–H and O–H groups in total. The number of carbonyl (C=O) groups is 1. The molecule has 0 unspecified atom stereocenters. The largest absolute Gasteiger partial charge is 0.302 e. The maximum absolute atomic E-state index is 12.1. The second-order valence-electron chi connectivity index (χ2n) is 6.18. The highest BCUT2D eigenvalue weighted by Gasteiger charge is 2.07. The van der Waals surface area contributed by atoms with E-state index in [1.165, 1.54) is 16.7 Å². The number of thiazole rings is 1. The van der Waals surface area contributed by atoms with E-state index in [0.717, 1.165) is 24.1 Å². The highest BCUT2D eigenvalue weighted by atomic mass is 32.1. The number of amides is 1. The molecule has 0 radical (unpaired) electrons. The van der Waals surface area contributed by atoms with Gasteiger partial charge in [0.25, 0.3) is 0 Å². The fourth-order valence-electron chi connectivity index (χ4n) is 2.63. The lowest BCUT2D eigenvalue weighted by molar-refractivity contribution is -0.116. The summed E-state index contributed by atoms with van der Waals surface area (Å²) < 4.78 is 0. The Labute approximate surface area is 152 Å². The van der Waals surface area contributed by atoms with Gasteiger partial charge in [-0.1, -0.05) is 60.2 Å². The Balaban J connectivity index is 1.45. The lowest BCUT2D eigenvalue weighted by Crippen LogP contribution is -2.11. The van der Waals surface area contributed by atoms with Crippen LogP contribution in [0, 0.1) is 6.92 Å². The zero-order chi connectivity index (χ0) is 17.5. The number of nitrogens with zero attached hydrogens (tertiary/aromatic N) is 1. The molecule has 1 amide bonds. The van der Waals surface area contributed by atoms with Gasteiger partial charge in [0.2, 0.25) is 5.91 Å². The standard InChI is InChI=1S/C21H22N2OS/c1-16-10-12-18(13-11-16)14-19-15-22-21(25-19)23-20(24)9-5-8-17-6-3-2-4-7-17/h2-4,6-7,10-13,15H,5,8-9,14H2,1H3,(H,22,23,24). The van der Waals surface area contributed by atoms with E-state index in [0.29, 0.717) is 11.6 Å². The van der Waals surface area contributed by atoms with Crippen molar-refractivity contribution in [1.29, 1.82) is 0 Å². The van der Waals surface area contributed by atoms with Crippen LogP contribution in [0.2, 0.25) is 0 Å². The molecule has 0 bridgehead atoms. The van der Waals surface area contributed by atoms with E-state index in [4.69, 9.17) is 0 Å². The van der Waals surface area contributed by atoms with E-state index in [9.17, 15) is 4.79 Å². The predicted molar refractivity (Wildman–Crippen MR) is 104 cm³/mol. The minimum atomic E-state index is 0.0344. The van der Waals surface area contributed by atoms with Gasteiger partial charge in [0.05, 0.1) is 0 Å². The zero-order valence-corrected chi connectivity index (χ0v) is 15.2. The number of aryl methyl sites for hydroxylation is 2. The van der Waals surface area contributed by atoms with Gasteiger partial charge in [0.1, 0.15) is 0 Å². The molecule has 128 valence electrons. The van der Waals surface area contributed by atoms with E-state index < -0.39 is 0 Å². The van der Waals surface area contributed by atoms with Crippen LogP contribution in [0.15, 0.2) is 60.8 Å². The summed E-state index contributed by atoms with van der Waals surface area (Å²) in [5.74, 6) is 0.0344. The molecule has 0 saturated carbocycles. The summed E-state index contributed by atoms with van der Waals surface area (Å²) in [4.78, 5) is 17.5. The van der Waals surface area contributed by atoms with Crippen molar-refractivity contribution >= 4 is 22.4 Å². The van der Waals surface area contributed by atoms with E-state index in [1.54, 1.807) is 11.3 Å². The number of aromatic nitrogens is 1. The maximum Gasteiger partial charge on any atom is 0.226 e. The Kier molecular flexibility index (Phi) is 5.96. The Morgan fingerprint density at radius 3 is 2.56 bits per heavy atom. The SMILES string of the molecule is Cc1ccc(Cc2cnc(NC(=O)CCCc3ccccc3)s2)cc1. The van der Waals surface area contributed by atoms with Crippen LogP contribution < -0.4 is 5.32 Å². The molecule has 1 heterocycles. The van der Waals surface area contributed by atoms with Crippen molar-refractivity contribution in [3.8, 4) is 0 Å². The molecule has 3 rings (SSSR count). The summed E-state index contributed by atoms with van der Waals surface area (Å²) in [5, 5.41) is 3.60. The minimum Gasteiger partial charge on any atom is -0.302 e. The summed E-state index contributed by atoms with van der Waals surface area (Å²) in [5.41, 5.74) is 3.79. The smallest absolute Gasteiger partial charge is 0.226 e. The minimum absolute atomic E-state index is 0.0344. The summed E-state index contributed by atoms with van der Waals surface area (Å²) in [7, 11) is 0. The Hall–Kier alpha value is -2.46. The molecule has 1 aromatic heterocycles. The van der Waals surface area contributed by atoms with E-state index in [1.807, 2.05) is 24.4 Å². The normalized spacial score (nSPS) is 10.6. The maximum atomic E-state index is 12.1. The average molecular weight is 350 g/mol. The lowest BCUT2D eigenvalue weighted by atomic mass is 10.1. The molecular weight excluding hydrogens is 328 g/mol. The number of nitrogens with one attached hydrogen (secondary N) is 1. The number of hydrogen-bond donors (Lipinski definition) is 1. The van der Waals surface area contributed by atoms with Crippen LogP contribution >= 0.6 is 11.3 Å². The number of hydrogen-bond acceptors (Lipinski definition) is 3. The van der Waals surface area contributed by atoms with Crippen LogP contribution in [0.5, 0.6) is 0 Å². The topological polar surface area (TPSA) is 42.0 Å². The van der Waals surface area contributed by atoms with Crippen LogP contribution in [0.4, 0.5) is 5.13 Å². The molecule has 0 saturated heterocycles. The molecule has 0 fully saturated rings. The van der Waals surface area contributed by atoms with Gasteiger partial charge in [-0.2, -0.15) is 0 Å². The average Bonchev–Trinajstić information content (AvgIpc) is 3.05. The summed E-state index contributed by atoms with van der Waals surface area (Å²) in [6, 6.07) is 18.8. The zero-order valence-electron chi connectivity index (χ0n) is 14.4. The summed E-state index contributed by atoms with van der Waals surface area (Å²) in [6.45, 7) is 2.09. The van der Waals surface area contributed by atoms with Crippen LogP contribution in [0.1, 0.15) is 34.4 Å². The first kappa shape index (κ1) is 17.4. The third-order valence-electron chi connectivity index (χ3n) is 4.01. The van der Waals surface area contributed by atoms with Crippen molar-refractivity contribution in [3.63, 3.8) is 0 Å². The predicted octanol–water partition coefficient (Wildman–Crippen LogP) is 5.00. The van der Waals surface area contributed by atoms with E-state index in [-0.39, 0.29) is 5.91 Å². The fourth-order valence-corrected chi connectivity index (χ4v) is 3.50. The van der Waals surface area contributed by atoms with E-state index >= 15 is 0 Å². The molecule has 0 aliphatic carbocycles. The van der Waals surface area contributed by atoms with Crippen LogP contribution in [-0.2, 0) is 17.6 Å². The van der Waals surface area contributed by atoms with Gasteiger partial charge in [-0.15, -0.1) is 11.3 Å². The quantitative estimate of drug-likeness (QED) is 0.651. The Morgan fingerprint density at radius 2 is 1.80 bits per heavy atom. The molecule has 4 heteroatoms. The van der Waals surface area contributed by atoms with Gasteiger partial charge >= 0.3 is 0 Å². The van der Waals surface area contributed by atoms with Crippen molar-refractivity contribution in [3.05, 3.63) is 82.4 Å². The first-order valence-electron chi connectivity index (χ1n) is 8.53. The van der Waals surface area contributed by atoms with Gasteiger partial charge in [-0.25, -0.2) is 4.98 Å². The monoisotopic (exact) mass is 350 g/mol. The molecule has 2 aromatic carbocycles. The fraction of sp³-hybridized carbons (Fsp3) is 0.238. The Morgan fingerprint density at radius 1 is 1.04 bits per heavy atom. The van der Waals surface area contributed by atoms with E-state index in [2.05, 4.69) is 53.6 Å². The van der Waals surface area contributed by atoms with Crippen molar-refractivity contribution in [2.45, 2.75) is 32.6 Å².